The minimum Gasteiger partial charge on any atom is -0.357 e. The molecule has 0 fully saturated rings. The Morgan fingerprint density at radius 1 is 0.432 bits per heavy atom. The quantitative estimate of drug-likeness (QED) is 0.183. The molecular weight excluding hydrogens is 536 g/mol. The van der Waals surface area contributed by atoms with Crippen LogP contribution in [-0.4, -0.2) is 21.4 Å². The van der Waals surface area contributed by atoms with Gasteiger partial charge in [0, 0.05) is 72.0 Å². The number of nitrogens with zero attached hydrogens (tertiary/aromatic N) is 2. The Kier molecular flexibility index (Phi) is 4.98. The Morgan fingerprint density at radius 3 is 1.23 bits per heavy atom. The van der Waals surface area contributed by atoms with Crippen molar-refractivity contribution >= 4 is 56.5 Å². The molecule has 2 aromatic heterocycles. The van der Waals surface area contributed by atoms with Gasteiger partial charge in [-0.25, -0.2) is 0 Å². The van der Waals surface area contributed by atoms with Gasteiger partial charge >= 0.3 is 0 Å². The second-order valence-corrected chi connectivity index (χ2v) is 13.2. The van der Waals surface area contributed by atoms with Crippen LogP contribution in [0.15, 0.2) is 107 Å². The van der Waals surface area contributed by atoms with Gasteiger partial charge in [-0.05, 0) is 39.8 Å². The van der Waals surface area contributed by atoms with Crippen molar-refractivity contribution in [1.82, 2.24) is 9.97 Å². The molecule has 3 aliphatic rings. The normalized spacial score (nSPS) is 17.5. The minimum atomic E-state index is -0.442. The monoisotopic (exact) mass is 568 g/mol. The summed E-state index contributed by atoms with van der Waals surface area (Å²) in [6, 6.07) is 34.7. The number of aliphatic imine (C=N–C) groups is 2. The Bertz CT molecular complexity index is 2170. The average Bonchev–Trinajstić information content (AvgIpc) is 3.80. The van der Waals surface area contributed by atoms with E-state index in [0.717, 1.165) is 45.3 Å². The molecule has 4 heteroatoms. The molecule has 0 radical (unpaired) electrons. The third-order valence-electron chi connectivity index (χ3n) is 9.87. The van der Waals surface area contributed by atoms with Crippen molar-refractivity contribution in [2.45, 2.75) is 33.1 Å². The number of aromatic amines is 2. The van der Waals surface area contributed by atoms with Gasteiger partial charge in [0.1, 0.15) is 0 Å². The molecule has 0 saturated heterocycles. The van der Waals surface area contributed by atoms with Crippen LogP contribution in [0, 0.1) is 5.41 Å². The van der Waals surface area contributed by atoms with Gasteiger partial charge in [0.05, 0.1) is 28.2 Å². The van der Waals surface area contributed by atoms with Crippen LogP contribution >= 0.6 is 0 Å². The molecule has 3 aliphatic heterocycles. The minimum absolute atomic E-state index is 0.351. The summed E-state index contributed by atoms with van der Waals surface area (Å²) in [6.07, 6.45) is 4.48. The first-order chi connectivity index (χ1) is 21.3. The van der Waals surface area contributed by atoms with E-state index in [9.17, 15) is 0 Å². The van der Waals surface area contributed by atoms with Crippen LogP contribution in [0.1, 0.15) is 72.7 Å². The van der Waals surface area contributed by atoms with Gasteiger partial charge in [0.25, 0.3) is 0 Å². The van der Waals surface area contributed by atoms with Gasteiger partial charge in [0.2, 0.25) is 0 Å². The number of hydrogen-bond acceptors (Lipinski definition) is 2. The van der Waals surface area contributed by atoms with Crippen LogP contribution < -0.4 is 0 Å². The molecule has 212 valence electrons. The van der Waals surface area contributed by atoms with Crippen molar-refractivity contribution in [3.63, 3.8) is 0 Å². The Morgan fingerprint density at radius 2 is 0.795 bits per heavy atom. The van der Waals surface area contributed by atoms with Crippen LogP contribution in [0.25, 0.3) is 45.1 Å². The summed E-state index contributed by atoms with van der Waals surface area (Å²) in [5.41, 5.74) is 12.4. The first-order valence-corrected chi connectivity index (χ1v) is 15.4. The van der Waals surface area contributed by atoms with E-state index in [1.54, 1.807) is 0 Å². The molecule has 44 heavy (non-hydrogen) atoms. The lowest BCUT2D eigenvalue weighted by Crippen LogP contribution is -2.33. The van der Waals surface area contributed by atoms with E-state index in [0.29, 0.717) is 0 Å². The molecule has 9 rings (SSSR count). The molecule has 0 amide bonds. The summed E-state index contributed by atoms with van der Waals surface area (Å²) in [7, 11) is 0. The van der Waals surface area contributed by atoms with E-state index in [1.807, 2.05) is 0 Å². The Labute approximate surface area is 256 Å². The second kappa shape index (κ2) is 8.67. The van der Waals surface area contributed by atoms with Gasteiger partial charge in [-0.2, -0.15) is 0 Å². The second-order valence-electron chi connectivity index (χ2n) is 13.2. The first-order valence-electron chi connectivity index (χ1n) is 15.4. The summed E-state index contributed by atoms with van der Waals surface area (Å²) in [6.45, 7) is 9.15. The zero-order chi connectivity index (χ0) is 29.8. The van der Waals surface area contributed by atoms with Crippen LogP contribution in [0.5, 0.6) is 0 Å². The number of benzene rings is 4. The van der Waals surface area contributed by atoms with E-state index in [1.165, 1.54) is 44.1 Å². The van der Waals surface area contributed by atoms with Crippen molar-refractivity contribution in [3.05, 3.63) is 142 Å². The molecule has 0 saturated carbocycles. The summed E-state index contributed by atoms with van der Waals surface area (Å²) in [4.78, 5) is 18.6. The van der Waals surface area contributed by atoms with Crippen molar-refractivity contribution in [3.8, 4) is 0 Å². The molecule has 6 aromatic rings. The lowest BCUT2D eigenvalue weighted by molar-refractivity contribution is 0.613. The number of rotatable bonds is 0. The van der Waals surface area contributed by atoms with Crippen LogP contribution in [0.3, 0.4) is 0 Å². The Balaban J connectivity index is 1.43. The van der Waals surface area contributed by atoms with Gasteiger partial charge in [0.15, 0.2) is 0 Å². The fourth-order valence-corrected chi connectivity index (χ4v) is 7.62. The van der Waals surface area contributed by atoms with Crippen LogP contribution in [-0.2, 0) is 5.41 Å². The maximum atomic E-state index is 5.41. The van der Waals surface area contributed by atoms with E-state index in [-0.39, 0.29) is 5.41 Å². The largest absolute Gasteiger partial charge is 0.357 e. The molecule has 0 aliphatic carbocycles. The third-order valence-corrected chi connectivity index (χ3v) is 9.87. The molecule has 2 N–H and O–H groups in total. The highest BCUT2D eigenvalue weighted by Gasteiger charge is 2.41. The number of H-pyrrole nitrogens is 2. The Hall–Kier alpha value is -5.22. The molecular formula is C40H32N4. The number of fused-ring (bicyclic) bond motifs is 18. The highest BCUT2D eigenvalue weighted by molar-refractivity contribution is 6.30. The van der Waals surface area contributed by atoms with E-state index >= 15 is 0 Å². The van der Waals surface area contributed by atoms with E-state index in [2.05, 4.69) is 147 Å². The van der Waals surface area contributed by atoms with Crippen molar-refractivity contribution in [2.75, 3.05) is 0 Å². The van der Waals surface area contributed by atoms with Gasteiger partial charge in [-0.3, -0.25) is 9.98 Å². The van der Waals surface area contributed by atoms with E-state index < -0.39 is 5.41 Å². The van der Waals surface area contributed by atoms with Crippen molar-refractivity contribution in [1.29, 1.82) is 0 Å². The molecule has 4 aromatic carbocycles. The van der Waals surface area contributed by atoms with Gasteiger partial charge in [-0.15, -0.1) is 0 Å². The lowest BCUT2D eigenvalue weighted by Gasteiger charge is -2.26. The topological polar surface area (TPSA) is 56.3 Å². The fourth-order valence-electron chi connectivity index (χ4n) is 7.62. The maximum absolute atomic E-state index is 5.41. The summed E-state index contributed by atoms with van der Waals surface area (Å²) in [5.74, 6) is 0. The summed E-state index contributed by atoms with van der Waals surface area (Å²) >= 11 is 0. The molecule has 8 bridgehead atoms. The zero-order valence-electron chi connectivity index (χ0n) is 25.3. The molecule has 0 atom stereocenters. The van der Waals surface area contributed by atoms with Crippen molar-refractivity contribution in [2.24, 2.45) is 15.4 Å². The first kappa shape index (κ1) is 25.3. The highest BCUT2D eigenvalue weighted by atomic mass is 14.9. The van der Waals surface area contributed by atoms with Gasteiger partial charge < -0.3 is 9.97 Å². The van der Waals surface area contributed by atoms with Crippen molar-refractivity contribution < 1.29 is 0 Å². The predicted molar refractivity (Wildman–Crippen MR) is 184 cm³/mol. The van der Waals surface area contributed by atoms with E-state index in [4.69, 9.17) is 9.98 Å². The summed E-state index contributed by atoms with van der Waals surface area (Å²) in [5, 5.41) is 4.84. The standard InChI is InChI=1S/C40H32N4/c1-39(2)35-27-17-9-5-13-23(27)31(41-35)21-33-25-15-7-11-19-29(25)37(43-33)40(3,4)38-30-20-12-8-16-26(30)34(44-38)22-32-24-14-6-10-18-28(24)36(39)42-32/h5-22,41-42H,1-4H3. The smallest absolute Gasteiger partial charge is 0.0733 e. The third kappa shape index (κ3) is 3.34. The van der Waals surface area contributed by atoms with Crippen LogP contribution in [0.4, 0.5) is 0 Å². The molecule has 0 unspecified atom stereocenters. The molecule has 5 heterocycles. The number of hydrogen-bond donors (Lipinski definition) is 2. The van der Waals surface area contributed by atoms with Gasteiger partial charge in [-0.1, -0.05) is 97.1 Å². The maximum Gasteiger partial charge on any atom is 0.0733 e. The molecule has 0 spiro atoms. The average molecular weight is 569 g/mol. The fraction of sp³-hybridized carbons (Fsp3) is 0.150. The van der Waals surface area contributed by atoms with Crippen LogP contribution in [0.2, 0.25) is 0 Å². The number of nitrogens with one attached hydrogen (secondary N) is 2. The summed E-state index contributed by atoms with van der Waals surface area (Å²) < 4.78 is 0. The SMILES string of the molecule is CC1(C)C2=NC(=Cc3[nH]c(c4ccccc34)C(C)(C)c3[nH]c(c4ccccc34)C=C3N=C1c1ccccc13)c1ccccc12. The lowest BCUT2D eigenvalue weighted by atomic mass is 9.76. The highest BCUT2D eigenvalue weighted by Crippen LogP contribution is 2.46. The molecule has 4 nitrogen and oxygen atoms in total. The predicted octanol–water partition coefficient (Wildman–Crippen LogP) is 9.62. The zero-order valence-corrected chi connectivity index (χ0v) is 25.3. The number of aromatic nitrogens is 2.